The van der Waals surface area contributed by atoms with E-state index in [2.05, 4.69) is 0 Å². The van der Waals surface area contributed by atoms with Crippen molar-refractivity contribution >= 4 is 17.5 Å². The van der Waals surface area contributed by atoms with Crippen molar-refractivity contribution < 1.29 is 19.5 Å². The molecule has 0 atom stereocenters. The lowest BCUT2D eigenvalue weighted by Crippen LogP contribution is -2.17. The predicted molar refractivity (Wildman–Crippen MR) is 55.5 cm³/mol. The van der Waals surface area contributed by atoms with Crippen molar-refractivity contribution in [2.24, 2.45) is 5.92 Å². The maximum atomic E-state index is 11.8. The van der Waals surface area contributed by atoms with Gasteiger partial charge in [-0.15, -0.1) is 0 Å². The van der Waals surface area contributed by atoms with Crippen LogP contribution in [-0.4, -0.2) is 22.6 Å². The SMILES string of the molecule is O=C(O)C(=O)c1ccccc1C(=O)C1CC1. The second-order valence-electron chi connectivity index (χ2n) is 3.82. The van der Waals surface area contributed by atoms with Crippen LogP contribution in [0.5, 0.6) is 0 Å². The Hall–Kier alpha value is -1.97. The summed E-state index contributed by atoms with van der Waals surface area (Å²) in [7, 11) is 0. The van der Waals surface area contributed by atoms with Crippen LogP contribution in [0.2, 0.25) is 0 Å². The van der Waals surface area contributed by atoms with Gasteiger partial charge in [0.05, 0.1) is 0 Å². The first-order chi connectivity index (χ1) is 7.61. The number of carbonyl (C=O) groups is 3. The van der Waals surface area contributed by atoms with Crippen molar-refractivity contribution in [2.75, 3.05) is 0 Å². The van der Waals surface area contributed by atoms with Gasteiger partial charge in [0, 0.05) is 17.0 Å². The molecule has 0 bridgehead atoms. The van der Waals surface area contributed by atoms with Crippen molar-refractivity contribution in [3.63, 3.8) is 0 Å². The van der Waals surface area contributed by atoms with Crippen LogP contribution in [0.25, 0.3) is 0 Å². The normalized spacial score (nSPS) is 14.5. The summed E-state index contributed by atoms with van der Waals surface area (Å²) in [6.07, 6.45) is 1.66. The highest BCUT2D eigenvalue weighted by molar-refractivity contribution is 6.41. The molecule has 0 radical (unpaired) electrons. The van der Waals surface area contributed by atoms with Gasteiger partial charge in [-0.2, -0.15) is 0 Å². The largest absolute Gasteiger partial charge is 0.475 e. The second-order valence-corrected chi connectivity index (χ2v) is 3.82. The molecular weight excluding hydrogens is 208 g/mol. The summed E-state index contributed by atoms with van der Waals surface area (Å²) in [6.45, 7) is 0. The molecule has 1 fully saturated rings. The minimum absolute atomic E-state index is 0.00750. The van der Waals surface area contributed by atoms with Gasteiger partial charge in [0.15, 0.2) is 5.78 Å². The molecule has 0 aromatic heterocycles. The topological polar surface area (TPSA) is 71.4 Å². The molecular formula is C12H10O4. The van der Waals surface area contributed by atoms with E-state index in [0.29, 0.717) is 0 Å². The zero-order chi connectivity index (χ0) is 11.7. The summed E-state index contributed by atoms with van der Waals surface area (Å²) in [5.74, 6) is -2.70. The maximum absolute atomic E-state index is 11.8. The van der Waals surface area contributed by atoms with Crippen molar-refractivity contribution in [3.05, 3.63) is 35.4 Å². The maximum Gasteiger partial charge on any atom is 0.377 e. The van der Waals surface area contributed by atoms with Crippen LogP contribution in [0.15, 0.2) is 24.3 Å². The zero-order valence-electron chi connectivity index (χ0n) is 8.47. The van der Waals surface area contributed by atoms with Crippen molar-refractivity contribution in [1.82, 2.24) is 0 Å². The molecule has 0 spiro atoms. The number of hydrogen-bond donors (Lipinski definition) is 1. The van der Waals surface area contributed by atoms with E-state index in [0.717, 1.165) is 12.8 Å². The number of ketones is 2. The Morgan fingerprint density at radius 3 is 2.12 bits per heavy atom. The highest BCUT2D eigenvalue weighted by Crippen LogP contribution is 2.33. The summed E-state index contributed by atoms with van der Waals surface area (Å²) in [5, 5.41) is 8.64. The van der Waals surface area contributed by atoms with Crippen molar-refractivity contribution in [3.8, 4) is 0 Å². The quantitative estimate of drug-likeness (QED) is 0.614. The summed E-state index contributed by atoms with van der Waals surface area (Å²) in [4.78, 5) is 33.8. The number of Topliss-reactive ketones (excluding diaryl/α,β-unsaturated/α-hetero) is 2. The van der Waals surface area contributed by atoms with Gasteiger partial charge in [-0.25, -0.2) is 4.79 Å². The number of carboxylic acids is 1. The van der Waals surface area contributed by atoms with E-state index in [9.17, 15) is 14.4 Å². The molecule has 82 valence electrons. The minimum Gasteiger partial charge on any atom is -0.475 e. The minimum atomic E-state index is -1.53. The van der Waals surface area contributed by atoms with Crippen LogP contribution >= 0.6 is 0 Å². The summed E-state index contributed by atoms with van der Waals surface area (Å²) < 4.78 is 0. The Kier molecular flexibility index (Phi) is 2.56. The van der Waals surface area contributed by atoms with Gasteiger partial charge in [0.25, 0.3) is 5.78 Å². The van der Waals surface area contributed by atoms with Crippen LogP contribution in [0.1, 0.15) is 33.6 Å². The van der Waals surface area contributed by atoms with Gasteiger partial charge in [-0.05, 0) is 12.8 Å². The number of rotatable bonds is 4. The standard InChI is InChI=1S/C12H10O4/c13-10(7-5-6-7)8-3-1-2-4-9(8)11(14)12(15)16/h1-4,7H,5-6H2,(H,15,16). The Bertz CT molecular complexity index is 472. The molecule has 0 unspecified atom stereocenters. The highest BCUT2D eigenvalue weighted by atomic mass is 16.4. The molecule has 1 aromatic carbocycles. The second kappa shape index (κ2) is 3.89. The lowest BCUT2D eigenvalue weighted by molar-refractivity contribution is -0.131. The van der Waals surface area contributed by atoms with Crippen LogP contribution in [0.3, 0.4) is 0 Å². The van der Waals surface area contributed by atoms with Crippen LogP contribution in [0, 0.1) is 5.92 Å². The van der Waals surface area contributed by atoms with E-state index in [1.165, 1.54) is 12.1 Å². The molecule has 1 saturated carbocycles. The summed E-state index contributed by atoms with van der Waals surface area (Å²) in [5.41, 5.74) is 0.226. The van der Waals surface area contributed by atoms with Crippen molar-refractivity contribution in [1.29, 1.82) is 0 Å². The van der Waals surface area contributed by atoms with Gasteiger partial charge in [0.2, 0.25) is 0 Å². The third-order valence-corrected chi connectivity index (χ3v) is 2.58. The number of carboxylic acid groups (broad SMARTS) is 1. The smallest absolute Gasteiger partial charge is 0.377 e. The molecule has 4 nitrogen and oxygen atoms in total. The Morgan fingerprint density at radius 2 is 1.62 bits per heavy atom. The number of benzene rings is 1. The molecule has 1 N–H and O–H groups in total. The Labute approximate surface area is 91.9 Å². The number of aliphatic carboxylic acids is 1. The Balaban J connectivity index is 2.40. The lowest BCUT2D eigenvalue weighted by atomic mass is 9.98. The molecule has 1 aliphatic carbocycles. The molecule has 0 aliphatic heterocycles. The molecule has 16 heavy (non-hydrogen) atoms. The van der Waals surface area contributed by atoms with Crippen LogP contribution in [0.4, 0.5) is 0 Å². The van der Waals surface area contributed by atoms with Crippen molar-refractivity contribution in [2.45, 2.75) is 12.8 Å². The molecule has 4 heteroatoms. The van der Waals surface area contributed by atoms with Gasteiger partial charge in [-0.3, -0.25) is 9.59 Å². The number of carbonyl (C=O) groups excluding carboxylic acids is 2. The molecule has 0 amide bonds. The van der Waals surface area contributed by atoms with Gasteiger partial charge in [0.1, 0.15) is 0 Å². The Morgan fingerprint density at radius 1 is 1.06 bits per heavy atom. The fraction of sp³-hybridized carbons (Fsp3) is 0.250. The average molecular weight is 218 g/mol. The van der Waals surface area contributed by atoms with Crippen LogP contribution < -0.4 is 0 Å². The third-order valence-electron chi connectivity index (χ3n) is 2.58. The molecule has 0 heterocycles. The first-order valence-corrected chi connectivity index (χ1v) is 5.02. The van der Waals surface area contributed by atoms with Gasteiger partial charge in [-0.1, -0.05) is 24.3 Å². The highest BCUT2D eigenvalue weighted by Gasteiger charge is 2.33. The summed E-state index contributed by atoms with van der Waals surface area (Å²) in [6, 6.07) is 6.08. The van der Waals surface area contributed by atoms with Crippen LogP contribution in [-0.2, 0) is 4.79 Å². The number of hydrogen-bond acceptors (Lipinski definition) is 3. The zero-order valence-corrected chi connectivity index (χ0v) is 8.47. The molecule has 1 aromatic rings. The van der Waals surface area contributed by atoms with E-state index in [1.54, 1.807) is 12.1 Å². The third kappa shape index (κ3) is 1.86. The van der Waals surface area contributed by atoms with Gasteiger partial charge >= 0.3 is 5.97 Å². The summed E-state index contributed by atoms with van der Waals surface area (Å²) >= 11 is 0. The monoisotopic (exact) mass is 218 g/mol. The van der Waals surface area contributed by atoms with E-state index < -0.39 is 11.8 Å². The average Bonchev–Trinajstić information content (AvgIpc) is 3.11. The first kappa shape index (κ1) is 10.5. The van der Waals surface area contributed by atoms with E-state index in [-0.39, 0.29) is 22.8 Å². The lowest BCUT2D eigenvalue weighted by Gasteiger charge is -2.04. The molecule has 1 aliphatic rings. The molecule has 2 rings (SSSR count). The molecule has 0 saturated heterocycles. The fourth-order valence-electron chi connectivity index (χ4n) is 1.58. The van der Waals surface area contributed by atoms with E-state index in [4.69, 9.17) is 5.11 Å². The van der Waals surface area contributed by atoms with E-state index >= 15 is 0 Å². The first-order valence-electron chi connectivity index (χ1n) is 5.02. The predicted octanol–water partition coefficient (Wildman–Crippen LogP) is 1.55. The van der Waals surface area contributed by atoms with Gasteiger partial charge < -0.3 is 5.11 Å². The fourth-order valence-corrected chi connectivity index (χ4v) is 1.58. The van der Waals surface area contributed by atoms with E-state index in [1.807, 2.05) is 0 Å².